The molecule has 5 heteroatoms. The number of likely N-dealkylation sites (N-methyl/N-ethyl adjacent to an activating group) is 1. The highest BCUT2D eigenvalue weighted by molar-refractivity contribution is 5.96. The summed E-state index contributed by atoms with van der Waals surface area (Å²) in [6.45, 7) is 2.79. The number of carbonyl (C=O) groups excluding carboxylic acids is 1. The summed E-state index contributed by atoms with van der Waals surface area (Å²) in [6, 6.07) is 6.56. The van der Waals surface area contributed by atoms with Crippen molar-refractivity contribution < 1.29 is 14.6 Å². The standard InChI is InChI=1S/C13H18N2O3/c1-15(9-10-8-14-6-7-18-10)13(17)11-4-2-3-5-12(11)16/h2-5,10,14,16H,6-9H2,1H3. The van der Waals surface area contributed by atoms with Crippen LogP contribution in [0.1, 0.15) is 10.4 Å². The van der Waals surface area contributed by atoms with E-state index in [0.29, 0.717) is 18.7 Å². The van der Waals surface area contributed by atoms with Crippen molar-refractivity contribution in [3.8, 4) is 5.75 Å². The molecule has 1 aromatic carbocycles. The van der Waals surface area contributed by atoms with Crippen molar-refractivity contribution in [2.45, 2.75) is 6.10 Å². The van der Waals surface area contributed by atoms with E-state index < -0.39 is 0 Å². The Morgan fingerprint density at radius 1 is 1.56 bits per heavy atom. The Balaban J connectivity index is 1.98. The molecule has 0 spiro atoms. The van der Waals surface area contributed by atoms with Crippen LogP contribution >= 0.6 is 0 Å². The monoisotopic (exact) mass is 250 g/mol. The number of amides is 1. The van der Waals surface area contributed by atoms with Gasteiger partial charge in [-0.2, -0.15) is 0 Å². The summed E-state index contributed by atoms with van der Waals surface area (Å²) >= 11 is 0. The minimum absolute atomic E-state index is 0.0111. The number of ether oxygens (including phenoxy) is 1. The second kappa shape index (κ2) is 5.84. The van der Waals surface area contributed by atoms with E-state index in [1.54, 1.807) is 30.1 Å². The smallest absolute Gasteiger partial charge is 0.257 e. The van der Waals surface area contributed by atoms with Gasteiger partial charge in [-0.25, -0.2) is 0 Å². The predicted octanol–water partition coefficient (Wildman–Crippen LogP) is 0.453. The van der Waals surface area contributed by atoms with Gasteiger partial charge in [0.25, 0.3) is 5.91 Å². The zero-order valence-corrected chi connectivity index (χ0v) is 10.4. The molecule has 5 nitrogen and oxygen atoms in total. The number of rotatable bonds is 3. The molecular formula is C13H18N2O3. The topological polar surface area (TPSA) is 61.8 Å². The van der Waals surface area contributed by atoms with E-state index in [1.807, 2.05) is 0 Å². The molecule has 2 N–H and O–H groups in total. The lowest BCUT2D eigenvalue weighted by molar-refractivity contribution is 0.0103. The largest absolute Gasteiger partial charge is 0.507 e. The Bertz CT molecular complexity index is 416. The van der Waals surface area contributed by atoms with Crippen LogP contribution in [-0.4, -0.2) is 55.3 Å². The Hall–Kier alpha value is -1.59. The van der Waals surface area contributed by atoms with Crippen LogP contribution in [0.4, 0.5) is 0 Å². The molecule has 1 atom stereocenters. The van der Waals surface area contributed by atoms with E-state index in [0.717, 1.165) is 13.1 Å². The molecule has 0 bridgehead atoms. The number of morpholine rings is 1. The molecule has 0 aliphatic carbocycles. The van der Waals surface area contributed by atoms with Crippen LogP contribution in [0.2, 0.25) is 0 Å². The first-order valence-corrected chi connectivity index (χ1v) is 6.04. The molecule has 18 heavy (non-hydrogen) atoms. The third-order valence-corrected chi connectivity index (χ3v) is 2.96. The first-order valence-electron chi connectivity index (χ1n) is 6.04. The molecule has 1 fully saturated rings. The molecule has 1 unspecified atom stereocenters. The number of benzene rings is 1. The number of hydrogen-bond acceptors (Lipinski definition) is 4. The summed E-state index contributed by atoms with van der Waals surface area (Å²) in [7, 11) is 1.72. The summed E-state index contributed by atoms with van der Waals surface area (Å²) < 4.78 is 5.55. The molecule has 0 radical (unpaired) electrons. The summed E-state index contributed by atoms with van der Waals surface area (Å²) in [5, 5.41) is 12.9. The molecule has 0 saturated carbocycles. The normalized spacial score (nSPS) is 19.5. The Morgan fingerprint density at radius 2 is 2.33 bits per heavy atom. The number of phenols is 1. The highest BCUT2D eigenvalue weighted by atomic mass is 16.5. The van der Waals surface area contributed by atoms with Gasteiger partial charge < -0.3 is 20.1 Å². The predicted molar refractivity (Wildman–Crippen MR) is 67.7 cm³/mol. The minimum atomic E-state index is -0.192. The Kier molecular flexibility index (Phi) is 4.17. The van der Waals surface area contributed by atoms with Gasteiger partial charge in [0.05, 0.1) is 18.3 Å². The molecule has 1 heterocycles. The average molecular weight is 250 g/mol. The van der Waals surface area contributed by atoms with Crippen LogP contribution in [0.25, 0.3) is 0 Å². The Morgan fingerprint density at radius 3 is 3.00 bits per heavy atom. The maximum atomic E-state index is 12.1. The van der Waals surface area contributed by atoms with Crippen LogP contribution in [0.5, 0.6) is 5.75 Å². The lowest BCUT2D eigenvalue weighted by atomic mass is 10.1. The highest BCUT2D eigenvalue weighted by Gasteiger charge is 2.20. The van der Waals surface area contributed by atoms with Crippen molar-refractivity contribution in [2.75, 3.05) is 33.3 Å². The van der Waals surface area contributed by atoms with E-state index in [-0.39, 0.29) is 17.8 Å². The fraction of sp³-hybridized carbons (Fsp3) is 0.462. The van der Waals surface area contributed by atoms with E-state index in [9.17, 15) is 9.90 Å². The third kappa shape index (κ3) is 3.00. The van der Waals surface area contributed by atoms with Gasteiger partial charge in [0.15, 0.2) is 0 Å². The number of para-hydroxylation sites is 1. The zero-order valence-electron chi connectivity index (χ0n) is 10.4. The lowest BCUT2D eigenvalue weighted by Crippen LogP contribution is -2.45. The first-order chi connectivity index (χ1) is 8.68. The summed E-state index contributed by atoms with van der Waals surface area (Å²) in [5.41, 5.74) is 0.323. The van der Waals surface area contributed by atoms with Crippen LogP contribution in [-0.2, 0) is 4.74 Å². The summed E-state index contributed by atoms with van der Waals surface area (Å²) in [4.78, 5) is 13.7. The van der Waals surface area contributed by atoms with Gasteiger partial charge in [0.2, 0.25) is 0 Å². The molecular weight excluding hydrogens is 232 g/mol. The average Bonchev–Trinajstić information content (AvgIpc) is 2.39. The molecule has 2 rings (SSSR count). The van der Waals surface area contributed by atoms with E-state index >= 15 is 0 Å². The molecule has 98 valence electrons. The fourth-order valence-electron chi connectivity index (χ4n) is 1.99. The molecule has 1 aliphatic heterocycles. The summed E-state index contributed by atoms with van der Waals surface area (Å²) in [5.74, 6) is -0.181. The van der Waals surface area contributed by atoms with E-state index in [2.05, 4.69) is 5.32 Å². The third-order valence-electron chi connectivity index (χ3n) is 2.96. The van der Waals surface area contributed by atoms with Gasteiger partial charge in [-0.3, -0.25) is 4.79 Å². The van der Waals surface area contributed by atoms with Crippen LogP contribution in [0.15, 0.2) is 24.3 Å². The van der Waals surface area contributed by atoms with Gasteiger partial charge >= 0.3 is 0 Å². The number of nitrogens with one attached hydrogen (secondary N) is 1. The fourth-order valence-corrected chi connectivity index (χ4v) is 1.99. The highest BCUT2D eigenvalue weighted by Crippen LogP contribution is 2.17. The van der Waals surface area contributed by atoms with Crippen LogP contribution in [0, 0.1) is 0 Å². The SMILES string of the molecule is CN(CC1CNCCO1)C(=O)c1ccccc1O. The van der Waals surface area contributed by atoms with Crippen molar-refractivity contribution in [3.63, 3.8) is 0 Å². The van der Waals surface area contributed by atoms with Crippen LogP contribution < -0.4 is 5.32 Å². The van der Waals surface area contributed by atoms with Gasteiger partial charge in [0.1, 0.15) is 5.75 Å². The van der Waals surface area contributed by atoms with E-state index in [1.165, 1.54) is 6.07 Å². The zero-order chi connectivity index (χ0) is 13.0. The number of hydrogen-bond donors (Lipinski definition) is 2. The number of phenolic OH excluding ortho intramolecular Hbond substituents is 1. The molecule has 1 amide bonds. The van der Waals surface area contributed by atoms with E-state index in [4.69, 9.17) is 4.74 Å². The van der Waals surface area contributed by atoms with Crippen LogP contribution in [0.3, 0.4) is 0 Å². The molecule has 1 saturated heterocycles. The van der Waals surface area contributed by atoms with Crippen molar-refractivity contribution in [1.29, 1.82) is 0 Å². The maximum absolute atomic E-state index is 12.1. The maximum Gasteiger partial charge on any atom is 0.257 e. The number of aromatic hydroxyl groups is 1. The van der Waals surface area contributed by atoms with Gasteiger partial charge in [-0.15, -0.1) is 0 Å². The van der Waals surface area contributed by atoms with Crippen molar-refractivity contribution >= 4 is 5.91 Å². The lowest BCUT2D eigenvalue weighted by Gasteiger charge is -2.28. The summed E-state index contributed by atoms with van der Waals surface area (Å²) in [6.07, 6.45) is 0.0126. The van der Waals surface area contributed by atoms with Gasteiger partial charge in [0, 0.05) is 26.7 Å². The number of carbonyl (C=O) groups is 1. The first kappa shape index (κ1) is 12.9. The van der Waals surface area contributed by atoms with Crippen molar-refractivity contribution in [2.24, 2.45) is 0 Å². The molecule has 1 aromatic rings. The van der Waals surface area contributed by atoms with Crippen molar-refractivity contribution in [3.05, 3.63) is 29.8 Å². The second-order valence-electron chi connectivity index (χ2n) is 4.40. The van der Waals surface area contributed by atoms with Crippen molar-refractivity contribution in [1.82, 2.24) is 10.2 Å². The minimum Gasteiger partial charge on any atom is -0.507 e. The van der Waals surface area contributed by atoms with Gasteiger partial charge in [-0.1, -0.05) is 12.1 Å². The molecule has 0 aromatic heterocycles. The van der Waals surface area contributed by atoms with Gasteiger partial charge in [-0.05, 0) is 12.1 Å². The quantitative estimate of drug-likeness (QED) is 0.818. The Labute approximate surface area is 106 Å². The molecule has 1 aliphatic rings. The number of nitrogens with zero attached hydrogens (tertiary/aromatic N) is 1. The second-order valence-corrected chi connectivity index (χ2v) is 4.40.